The summed E-state index contributed by atoms with van der Waals surface area (Å²) in [5.41, 5.74) is 0. The maximum atomic E-state index is 12.6. The highest BCUT2D eigenvalue weighted by atomic mass is 31.2. The molecular formula is C8H19F2O4PSi. The van der Waals surface area contributed by atoms with Crippen molar-refractivity contribution in [1.82, 2.24) is 0 Å². The predicted molar refractivity (Wildman–Crippen MR) is 60.1 cm³/mol. The standard InChI is InChI=1S/C8H19F2O4PSi/c1-4-12-15(11,13-5-2)14-7-6-8-16(3,9)10/h4-8H2,1-3H3. The third-order valence-electron chi connectivity index (χ3n) is 1.58. The molecule has 0 amide bonds. The molecule has 0 aliphatic carbocycles. The predicted octanol–water partition coefficient (Wildman–Crippen LogP) is 3.59. The Kier molecular flexibility index (Phi) is 7.59. The van der Waals surface area contributed by atoms with Gasteiger partial charge in [-0.3, -0.25) is 21.8 Å². The Bertz CT molecular complexity index is 225. The smallest absolute Gasteiger partial charge is 0.287 e. The summed E-state index contributed by atoms with van der Waals surface area (Å²) in [5.74, 6) is 0. The van der Waals surface area contributed by atoms with Gasteiger partial charge in [0.1, 0.15) is 0 Å². The van der Waals surface area contributed by atoms with E-state index in [2.05, 4.69) is 0 Å². The summed E-state index contributed by atoms with van der Waals surface area (Å²) in [5, 5.41) is 0. The maximum absolute atomic E-state index is 12.6. The van der Waals surface area contributed by atoms with Crippen molar-refractivity contribution in [2.24, 2.45) is 0 Å². The molecule has 0 aromatic carbocycles. The number of phosphoric ester groups is 1. The van der Waals surface area contributed by atoms with Crippen LogP contribution in [0.4, 0.5) is 8.22 Å². The normalized spacial score (nSPS) is 13.1. The van der Waals surface area contributed by atoms with Gasteiger partial charge in [0.2, 0.25) is 0 Å². The van der Waals surface area contributed by atoms with Crippen LogP contribution in [0.25, 0.3) is 0 Å². The van der Waals surface area contributed by atoms with Crippen LogP contribution in [0.15, 0.2) is 0 Å². The summed E-state index contributed by atoms with van der Waals surface area (Å²) in [4.78, 5) is 0. The number of hydrogen-bond donors (Lipinski definition) is 0. The van der Waals surface area contributed by atoms with Crippen LogP contribution >= 0.6 is 7.82 Å². The van der Waals surface area contributed by atoms with Gasteiger partial charge in [-0.25, -0.2) is 4.57 Å². The minimum absolute atomic E-state index is 0.0340. The van der Waals surface area contributed by atoms with Crippen molar-refractivity contribution in [3.8, 4) is 0 Å². The number of halogens is 2. The molecule has 0 radical (unpaired) electrons. The third kappa shape index (κ3) is 8.35. The fourth-order valence-electron chi connectivity index (χ4n) is 0.987. The van der Waals surface area contributed by atoms with Gasteiger partial charge in [-0.1, -0.05) is 0 Å². The van der Waals surface area contributed by atoms with Crippen LogP contribution in [0.3, 0.4) is 0 Å². The second-order valence-corrected chi connectivity index (χ2v) is 7.60. The van der Waals surface area contributed by atoms with Gasteiger partial charge in [-0.05, 0) is 26.8 Å². The van der Waals surface area contributed by atoms with Gasteiger partial charge in [0.25, 0.3) is 0 Å². The Morgan fingerprint density at radius 1 is 1.12 bits per heavy atom. The molecular weight excluding hydrogens is 257 g/mol. The Labute approximate surface area is 96.2 Å². The first-order valence-electron chi connectivity index (χ1n) is 5.24. The fourth-order valence-corrected chi connectivity index (χ4v) is 2.96. The first-order chi connectivity index (χ1) is 7.33. The first kappa shape index (κ1) is 16.2. The second kappa shape index (κ2) is 7.50. The van der Waals surface area contributed by atoms with E-state index < -0.39 is 16.6 Å². The Balaban J connectivity index is 3.90. The van der Waals surface area contributed by atoms with E-state index in [0.717, 1.165) is 6.55 Å². The molecule has 0 aromatic rings. The number of rotatable bonds is 9. The molecule has 0 aromatic heterocycles. The van der Waals surface area contributed by atoms with Gasteiger partial charge < -0.3 is 0 Å². The average Bonchev–Trinajstić information content (AvgIpc) is 2.12. The highest BCUT2D eigenvalue weighted by Crippen LogP contribution is 2.49. The van der Waals surface area contributed by atoms with Crippen molar-refractivity contribution in [3.63, 3.8) is 0 Å². The average molecular weight is 276 g/mol. The summed E-state index contributed by atoms with van der Waals surface area (Å²) < 4.78 is 51.5. The topological polar surface area (TPSA) is 44.8 Å². The van der Waals surface area contributed by atoms with E-state index in [1.165, 1.54) is 0 Å². The van der Waals surface area contributed by atoms with Crippen LogP contribution in [0.1, 0.15) is 20.3 Å². The lowest BCUT2D eigenvalue weighted by Crippen LogP contribution is -2.16. The van der Waals surface area contributed by atoms with Crippen molar-refractivity contribution in [2.75, 3.05) is 19.8 Å². The largest absolute Gasteiger partial charge is 0.474 e. The van der Waals surface area contributed by atoms with E-state index in [1.54, 1.807) is 13.8 Å². The van der Waals surface area contributed by atoms with Gasteiger partial charge in [0, 0.05) is 6.04 Å². The lowest BCUT2D eigenvalue weighted by Gasteiger charge is -2.16. The van der Waals surface area contributed by atoms with Gasteiger partial charge in [0.05, 0.1) is 19.8 Å². The molecule has 0 aliphatic rings. The molecule has 0 fully saturated rings. The van der Waals surface area contributed by atoms with Gasteiger partial charge in [-0.2, -0.15) is 0 Å². The molecule has 0 bridgehead atoms. The molecule has 0 N–H and O–H groups in total. The summed E-state index contributed by atoms with van der Waals surface area (Å²) in [6, 6.07) is -0.175. The number of hydrogen-bond acceptors (Lipinski definition) is 4. The number of phosphoric acid groups is 1. The van der Waals surface area contributed by atoms with Crippen molar-refractivity contribution < 1.29 is 26.4 Å². The zero-order chi connectivity index (χ0) is 12.7. The van der Waals surface area contributed by atoms with Gasteiger partial charge >= 0.3 is 16.6 Å². The van der Waals surface area contributed by atoms with Crippen molar-refractivity contribution in [3.05, 3.63) is 0 Å². The fraction of sp³-hybridized carbons (Fsp3) is 1.00. The lowest BCUT2D eigenvalue weighted by molar-refractivity contribution is 0.121. The molecule has 0 unspecified atom stereocenters. The molecule has 0 spiro atoms. The van der Waals surface area contributed by atoms with Crippen LogP contribution in [-0.4, -0.2) is 28.6 Å². The monoisotopic (exact) mass is 276 g/mol. The Morgan fingerprint density at radius 2 is 1.62 bits per heavy atom. The van der Waals surface area contributed by atoms with Crippen molar-refractivity contribution >= 4 is 16.6 Å². The van der Waals surface area contributed by atoms with E-state index in [4.69, 9.17) is 13.6 Å². The molecule has 8 heteroatoms. The van der Waals surface area contributed by atoms with Crippen molar-refractivity contribution in [1.29, 1.82) is 0 Å². The zero-order valence-electron chi connectivity index (χ0n) is 9.87. The molecule has 0 atom stereocenters. The van der Waals surface area contributed by atoms with Crippen LogP contribution in [0, 0.1) is 0 Å². The van der Waals surface area contributed by atoms with Crippen LogP contribution in [-0.2, 0) is 18.1 Å². The van der Waals surface area contributed by atoms with Crippen LogP contribution < -0.4 is 0 Å². The Hall–Kier alpha value is 0.187. The van der Waals surface area contributed by atoms with Crippen LogP contribution in [0.5, 0.6) is 0 Å². The zero-order valence-corrected chi connectivity index (χ0v) is 11.8. The van der Waals surface area contributed by atoms with E-state index in [9.17, 15) is 12.8 Å². The molecule has 98 valence electrons. The van der Waals surface area contributed by atoms with Crippen LogP contribution in [0.2, 0.25) is 12.6 Å². The highest BCUT2D eigenvalue weighted by Gasteiger charge is 2.29. The maximum Gasteiger partial charge on any atom is 0.474 e. The van der Waals surface area contributed by atoms with E-state index in [-0.39, 0.29) is 32.3 Å². The summed E-state index contributed by atoms with van der Waals surface area (Å²) in [6.45, 7) is 4.63. The second-order valence-electron chi connectivity index (χ2n) is 3.29. The molecule has 0 aliphatic heterocycles. The molecule has 0 saturated carbocycles. The van der Waals surface area contributed by atoms with Crippen molar-refractivity contribution in [2.45, 2.75) is 32.9 Å². The minimum Gasteiger partial charge on any atom is -0.287 e. The first-order valence-corrected chi connectivity index (χ1v) is 9.17. The summed E-state index contributed by atoms with van der Waals surface area (Å²) >= 11 is 0. The van der Waals surface area contributed by atoms with E-state index >= 15 is 0 Å². The quantitative estimate of drug-likeness (QED) is 0.279. The lowest BCUT2D eigenvalue weighted by atomic mass is 10.5. The third-order valence-corrected chi connectivity index (χ3v) is 4.46. The molecule has 0 rings (SSSR count). The van der Waals surface area contributed by atoms with E-state index in [0.29, 0.717) is 0 Å². The van der Waals surface area contributed by atoms with Gasteiger partial charge in [0.15, 0.2) is 0 Å². The minimum atomic E-state index is -4.04. The SMILES string of the molecule is CCOP(=O)(OCC)OCCC[Si](C)(F)F. The molecule has 4 nitrogen and oxygen atoms in total. The molecule has 0 saturated heterocycles. The Morgan fingerprint density at radius 3 is 2.00 bits per heavy atom. The summed E-state index contributed by atoms with van der Waals surface area (Å²) in [7, 11) is -7.57. The van der Waals surface area contributed by atoms with E-state index in [1.807, 2.05) is 0 Å². The van der Waals surface area contributed by atoms with Gasteiger partial charge in [-0.15, -0.1) is 0 Å². The highest BCUT2D eigenvalue weighted by molar-refractivity contribution is 7.48. The molecule has 0 heterocycles. The summed E-state index contributed by atoms with van der Waals surface area (Å²) in [6.07, 6.45) is 0.167. The molecule has 16 heavy (non-hydrogen) atoms.